The van der Waals surface area contributed by atoms with Crippen molar-refractivity contribution in [1.82, 2.24) is 0 Å². The molecule has 1 rings (SSSR count). The smallest absolute Gasteiger partial charge is 0.744 e. The zero-order chi connectivity index (χ0) is 20.1. The third-order valence-corrected chi connectivity index (χ3v) is 6.62. The first-order valence-corrected chi connectivity index (χ1v) is 12.3. The molecule has 0 spiro atoms. The van der Waals surface area contributed by atoms with E-state index in [0.29, 0.717) is 5.56 Å². The van der Waals surface area contributed by atoms with Crippen LogP contribution >= 0.6 is 0 Å². The first-order valence-electron chi connectivity index (χ1n) is 10.9. The standard InChI is InChI=1S/C23H40O3S.Na/c1-4-6-7-8-9-10-15-21(14-5-2)16-11-12-17-22-18-13-19-23(20(22)3)27(24,25)26;/h13,18-19,21H,4-12,14-17H2,1-3H3,(H,24,25,26);/q;+1/p-1. The van der Waals surface area contributed by atoms with Gasteiger partial charge in [-0.2, -0.15) is 0 Å². The summed E-state index contributed by atoms with van der Waals surface area (Å²) in [5, 5.41) is 0. The number of hydrogen-bond donors (Lipinski definition) is 0. The van der Waals surface area contributed by atoms with Gasteiger partial charge in [-0.3, -0.25) is 0 Å². The second-order valence-electron chi connectivity index (χ2n) is 7.95. The van der Waals surface area contributed by atoms with Crippen LogP contribution in [0.15, 0.2) is 23.1 Å². The Labute approximate surface area is 196 Å². The topological polar surface area (TPSA) is 57.2 Å². The summed E-state index contributed by atoms with van der Waals surface area (Å²) < 4.78 is 34.0. The summed E-state index contributed by atoms with van der Waals surface area (Å²) >= 11 is 0. The summed E-state index contributed by atoms with van der Waals surface area (Å²) in [6.45, 7) is 6.28. The van der Waals surface area contributed by atoms with Crippen molar-refractivity contribution in [1.29, 1.82) is 0 Å². The van der Waals surface area contributed by atoms with Crippen LogP contribution in [-0.4, -0.2) is 13.0 Å². The fourth-order valence-electron chi connectivity index (χ4n) is 4.00. The van der Waals surface area contributed by atoms with Crippen LogP contribution in [-0.2, 0) is 16.5 Å². The fraction of sp³-hybridized carbons (Fsp3) is 0.739. The van der Waals surface area contributed by atoms with Gasteiger partial charge in [0.05, 0.1) is 4.90 Å². The van der Waals surface area contributed by atoms with Gasteiger partial charge in [0.25, 0.3) is 0 Å². The van der Waals surface area contributed by atoms with Crippen LogP contribution < -0.4 is 29.6 Å². The van der Waals surface area contributed by atoms with Crippen LogP contribution in [0.1, 0.15) is 102 Å². The SMILES string of the molecule is CCCCCCCCC(CCC)CCCCc1cccc(S(=O)(=O)[O-])c1C.[Na+]. The van der Waals surface area contributed by atoms with Crippen molar-refractivity contribution in [2.45, 2.75) is 109 Å². The van der Waals surface area contributed by atoms with Crippen LogP contribution in [0.25, 0.3) is 0 Å². The van der Waals surface area contributed by atoms with E-state index in [0.717, 1.165) is 24.3 Å². The van der Waals surface area contributed by atoms with Crippen molar-refractivity contribution in [2.24, 2.45) is 5.92 Å². The summed E-state index contributed by atoms with van der Waals surface area (Å²) in [5.74, 6) is 0.829. The second kappa shape index (κ2) is 15.9. The Balaban J connectivity index is 0.00000729. The molecule has 0 bridgehead atoms. The number of unbranched alkanes of at least 4 members (excludes halogenated alkanes) is 6. The van der Waals surface area contributed by atoms with Crippen molar-refractivity contribution >= 4 is 10.1 Å². The van der Waals surface area contributed by atoms with E-state index in [2.05, 4.69) is 13.8 Å². The Morgan fingerprint density at radius 3 is 2.07 bits per heavy atom. The normalized spacial score (nSPS) is 12.6. The molecule has 0 aliphatic carbocycles. The van der Waals surface area contributed by atoms with Gasteiger partial charge in [0.1, 0.15) is 10.1 Å². The Bertz CT molecular complexity index is 629. The van der Waals surface area contributed by atoms with E-state index in [1.807, 2.05) is 6.07 Å². The van der Waals surface area contributed by atoms with E-state index in [-0.39, 0.29) is 34.5 Å². The minimum absolute atomic E-state index is 0. The van der Waals surface area contributed by atoms with Crippen LogP contribution in [0.3, 0.4) is 0 Å². The third kappa shape index (κ3) is 11.3. The molecule has 5 heteroatoms. The molecule has 28 heavy (non-hydrogen) atoms. The Morgan fingerprint density at radius 1 is 0.857 bits per heavy atom. The molecule has 0 heterocycles. The maximum atomic E-state index is 11.3. The molecule has 0 amide bonds. The Kier molecular flexibility index (Phi) is 16.0. The fourth-order valence-corrected chi connectivity index (χ4v) is 4.76. The van der Waals surface area contributed by atoms with Gasteiger partial charge in [0, 0.05) is 0 Å². The number of rotatable bonds is 15. The number of hydrogen-bond acceptors (Lipinski definition) is 3. The summed E-state index contributed by atoms with van der Waals surface area (Å²) in [6, 6.07) is 5.05. The monoisotopic (exact) mass is 418 g/mol. The molecular formula is C23H39NaO3S. The molecule has 0 aliphatic heterocycles. The van der Waals surface area contributed by atoms with Gasteiger partial charge in [-0.05, 0) is 42.9 Å². The van der Waals surface area contributed by atoms with Gasteiger partial charge in [0.2, 0.25) is 0 Å². The molecule has 0 saturated carbocycles. The van der Waals surface area contributed by atoms with Gasteiger partial charge in [0.15, 0.2) is 0 Å². The molecule has 0 saturated heterocycles. The summed E-state index contributed by atoms with van der Waals surface area (Å²) in [6.07, 6.45) is 16.4. The third-order valence-electron chi connectivity index (χ3n) is 5.64. The average molecular weight is 419 g/mol. The van der Waals surface area contributed by atoms with E-state index >= 15 is 0 Å². The van der Waals surface area contributed by atoms with E-state index in [9.17, 15) is 13.0 Å². The van der Waals surface area contributed by atoms with Crippen molar-refractivity contribution in [3.8, 4) is 0 Å². The zero-order valence-corrected chi connectivity index (χ0v) is 21.5. The molecule has 0 aliphatic rings. The van der Waals surface area contributed by atoms with Gasteiger partial charge < -0.3 is 4.55 Å². The maximum Gasteiger partial charge on any atom is 1.00 e. The molecular weight excluding hydrogens is 379 g/mol. The van der Waals surface area contributed by atoms with Crippen molar-refractivity contribution < 1.29 is 42.5 Å². The van der Waals surface area contributed by atoms with Gasteiger partial charge in [-0.1, -0.05) is 96.6 Å². The van der Waals surface area contributed by atoms with Crippen molar-refractivity contribution in [3.63, 3.8) is 0 Å². The van der Waals surface area contributed by atoms with E-state index in [4.69, 9.17) is 0 Å². The number of aryl methyl sites for hydroxylation is 1. The molecule has 1 aromatic rings. The molecule has 1 atom stereocenters. The quantitative estimate of drug-likeness (QED) is 0.247. The molecule has 156 valence electrons. The second-order valence-corrected chi connectivity index (χ2v) is 9.30. The molecule has 1 unspecified atom stereocenters. The maximum absolute atomic E-state index is 11.3. The predicted molar refractivity (Wildman–Crippen MR) is 113 cm³/mol. The molecule has 0 aromatic heterocycles. The molecule has 1 aromatic carbocycles. The average Bonchev–Trinajstić information content (AvgIpc) is 2.61. The van der Waals surface area contributed by atoms with Crippen molar-refractivity contribution in [3.05, 3.63) is 29.3 Å². The van der Waals surface area contributed by atoms with Gasteiger partial charge >= 0.3 is 29.6 Å². The van der Waals surface area contributed by atoms with Crippen LogP contribution in [0.5, 0.6) is 0 Å². The molecule has 3 nitrogen and oxygen atoms in total. The van der Waals surface area contributed by atoms with Gasteiger partial charge in [-0.15, -0.1) is 0 Å². The summed E-state index contributed by atoms with van der Waals surface area (Å²) in [7, 11) is -4.38. The minimum Gasteiger partial charge on any atom is -0.744 e. The predicted octanol–water partition coefficient (Wildman–Crippen LogP) is 3.78. The summed E-state index contributed by atoms with van der Waals surface area (Å²) in [5.41, 5.74) is 1.62. The molecule has 0 fully saturated rings. The van der Waals surface area contributed by atoms with Crippen molar-refractivity contribution in [2.75, 3.05) is 0 Å². The molecule has 0 N–H and O–H groups in total. The van der Waals surface area contributed by atoms with Crippen LogP contribution in [0.4, 0.5) is 0 Å². The molecule has 0 radical (unpaired) electrons. The van der Waals surface area contributed by atoms with E-state index in [1.54, 1.807) is 13.0 Å². The Hall–Kier alpha value is 0.130. The van der Waals surface area contributed by atoms with E-state index < -0.39 is 10.1 Å². The first-order chi connectivity index (χ1) is 12.9. The summed E-state index contributed by atoms with van der Waals surface area (Å²) in [4.78, 5) is -0.0630. The largest absolute Gasteiger partial charge is 1.00 e. The van der Waals surface area contributed by atoms with Crippen LogP contribution in [0.2, 0.25) is 0 Å². The van der Waals surface area contributed by atoms with Gasteiger partial charge in [-0.25, -0.2) is 8.42 Å². The van der Waals surface area contributed by atoms with E-state index in [1.165, 1.54) is 76.7 Å². The zero-order valence-electron chi connectivity index (χ0n) is 18.6. The number of benzene rings is 1. The van der Waals surface area contributed by atoms with Crippen LogP contribution in [0, 0.1) is 12.8 Å². The Morgan fingerprint density at radius 2 is 1.46 bits per heavy atom. The first kappa shape index (κ1) is 28.1. The minimum atomic E-state index is -4.38.